The third kappa shape index (κ3) is 4.60. The summed E-state index contributed by atoms with van der Waals surface area (Å²) in [6.07, 6.45) is 1.54. The van der Waals surface area contributed by atoms with Gasteiger partial charge < -0.3 is 21.0 Å². The first kappa shape index (κ1) is 25.0. The van der Waals surface area contributed by atoms with Crippen LogP contribution < -0.4 is 11.1 Å². The fraction of sp³-hybridized carbons (Fsp3) is 0.300. The number of carboxylic acid groups (broad SMARTS) is 1. The molecule has 2 atom stereocenters. The lowest BCUT2D eigenvalue weighted by Gasteiger charge is -2.49. The van der Waals surface area contributed by atoms with Crippen LogP contribution in [0.1, 0.15) is 11.4 Å². The topological polar surface area (TPSA) is 190 Å². The number of nitrogen functional groups attached to an aromatic ring is 1. The SMILES string of the molecule is CON=C(C(=O)N[C@@H]1C(=O)N2C(C(=O)O)=C(CSc3cc(C)nc4cnnn34)CS[C@H]12)c1csc(N)n1. The van der Waals surface area contributed by atoms with Gasteiger partial charge in [0.05, 0.1) is 6.20 Å². The minimum absolute atomic E-state index is 0.0783. The van der Waals surface area contributed by atoms with Crippen LogP contribution in [-0.2, 0) is 19.2 Å². The first-order valence-electron chi connectivity index (χ1n) is 10.6. The van der Waals surface area contributed by atoms with Crippen LogP contribution in [0, 0.1) is 6.92 Å². The Hall–Kier alpha value is -3.70. The molecule has 0 unspecified atom stereocenters. The minimum atomic E-state index is -1.21. The Balaban J connectivity index is 1.33. The van der Waals surface area contributed by atoms with E-state index >= 15 is 0 Å². The number of carbonyl (C=O) groups excluding carboxylic acids is 2. The summed E-state index contributed by atoms with van der Waals surface area (Å²) >= 11 is 3.87. The number of aliphatic carboxylic acids is 1. The van der Waals surface area contributed by atoms with Gasteiger partial charge >= 0.3 is 5.97 Å². The van der Waals surface area contributed by atoms with Crippen LogP contribution in [0.3, 0.4) is 0 Å². The molecule has 14 nitrogen and oxygen atoms in total. The van der Waals surface area contributed by atoms with Crippen molar-refractivity contribution in [2.45, 2.75) is 23.4 Å². The van der Waals surface area contributed by atoms with Gasteiger partial charge in [0, 0.05) is 22.6 Å². The molecule has 1 saturated heterocycles. The van der Waals surface area contributed by atoms with Crippen molar-refractivity contribution in [2.24, 2.45) is 5.16 Å². The van der Waals surface area contributed by atoms with Crippen molar-refractivity contribution in [3.05, 3.63) is 40.3 Å². The number of hydrogen-bond acceptors (Lipinski definition) is 13. The van der Waals surface area contributed by atoms with Gasteiger partial charge in [0.2, 0.25) is 0 Å². The molecule has 2 aliphatic heterocycles. The number of nitrogens with one attached hydrogen (secondary N) is 1. The molecule has 5 rings (SSSR count). The molecule has 37 heavy (non-hydrogen) atoms. The van der Waals surface area contributed by atoms with Crippen molar-refractivity contribution in [3.8, 4) is 0 Å². The van der Waals surface area contributed by atoms with Crippen LogP contribution in [-0.4, -0.2) is 88.3 Å². The molecular weight excluding hydrogens is 542 g/mol. The maximum absolute atomic E-state index is 13.0. The number of carboxylic acids is 1. The zero-order valence-corrected chi connectivity index (χ0v) is 21.8. The van der Waals surface area contributed by atoms with Crippen LogP contribution in [0.25, 0.3) is 5.65 Å². The van der Waals surface area contributed by atoms with Gasteiger partial charge in [-0.3, -0.25) is 14.5 Å². The second-order valence-electron chi connectivity index (χ2n) is 7.84. The second kappa shape index (κ2) is 9.98. The molecule has 0 saturated carbocycles. The monoisotopic (exact) mass is 561 g/mol. The van der Waals surface area contributed by atoms with E-state index < -0.39 is 29.2 Å². The summed E-state index contributed by atoms with van der Waals surface area (Å²) in [5.74, 6) is -1.75. The Morgan fingerprint density at radius 1 is 1.41 bits per heavy atom. The molecule has 192 valence electrons. The molecule has 1 fully saturated rings. The van der Waals surface area contributed by atoms with E-state index in [0.717, 1.165) is 22.1 Å². The van der Waals surface area contributed by atoms with E-state index in [0.29, 0.717) is 22.7 Å². The number of anilines is 1. The quantitative estimate of drug-likeness (QED) is 0.113. The minimum Gasteiger partial charge on any atom is -0.477 e. The number of carbonyl (C=O) groups is 3. The number of fused-ring (bicyclic) bond motifs is 2. The van der Waals surface area contributed by atoms with Crippen LogP contribution in [0.4, 0.5) is 5.13 Å². The van der Waals surface area contributed by atoms with Crippen LogP contribution in [0.5, 0.6) is 0 Å². The normalized spacial score (nSPS) is 19.6. The molecule has 0 bridgehead atoms. The Bertz CT molecular complexity index is 1480. The molecule has 2 aliphatic rings. The number of oxime groups is 1. The van der Waals surface area contributed by atoms with Gasteiger partial charge in [0.25, 0.3) is 11.8 Å². The smallest absolute Gasteiger partial charge is 0.352 e. The number of rotatable bonds is 8. The number of aryl methyl sites for hydroxylation is 1. The fourth-order valence-corrected chi connectivity index (χ4v) is 6.97. The van der Waals surface area contributed by atoms with E-state index in [1.807, 2.05) is 13.0 Å². The van der Waals surface area contributed by atoms with Crippen LogP contribution in [0.15, 0.2) is 39.1 Å². The standard InChI is InChI=1S/C20H19N9O5S3/c1-8-3-12(29-11(23-8)4-22-27-29)35-5-9-6-36-18-14(17(31)28(18)15(9)19(32)33)25-16(30)13(26-34-2)10-7-37-20(21)24-10/h3-4,7,14,18H,5-6H2,1-2H3,(H2,21,24)(H,25,30)(H,32,33)/t14-,18-/m1/s1. The highest BCUT2D eigenvalue weighted by molar-refractivity contribution is 8.01. The highest BCUT2D eigenvalue weighted by Gasteiger charge is 2.54. The Morgan fingerprint density at radius 2 is 2.22 bits per heavy atom. The van der Waals surface area contributed by atoms with E-state index in [9.17, 15) is 19.5 Å². The zero-order chi connectivity index (χ0) is 26.3. The Kier molecular flexibility index (Phi) is 6.74. The number of nitrogens with zero attached hydrogens (tertiary/aromatic N) is 7. The summed E-state index contributed by atoms with van der Waals surface area (Å²) in [7, 11) is 1.28. The van der Waals surface area contributed by atoms with Crippen LogP contribution in [0.2, 0.25) is 0 Å². The molecule has 5 heterocycles. The van der Waals surface area contributed by atoms with Gasteiger partial charge in [0.1, 0.15) is 34.9 Å². The molecular formula is C20H19N9O5S3. The van der Waals surface area contributed by atoms with Crippen LogP contribution >= 0.6 is 34.9 Å². The molecule has 2 amide bonds. The van der Waals surface area contributed by atoms with Crippen molar-refractivity contribution in [3.63, 3.8) is 0 Å². The molecule has 3 aromatic heterocycles. The number of hydrogen-bond donors (Lipinski definition) is 3. The number of β-lactam (4-membered cyclic amide) rings is 1. The number of thioether (sulfide) groups is 2. The Labute approximate surface area is 221 Å². The maximum atomic E-state index is 13.0. The van der Waals surface area contributed by atoms with Gasteiger partial charge in [-0.15, -0.1) is 40.0 Å². The first-order valence-corrected chi connectivity index (χ1v) is 13.5. The Morgan fingerprint density at radius 3 is 2.92 bits per heavy atom. The molecule has 0 aliphatic carbocycles. The lowest BCUT2D eigenvalue weighted by molar-refractivity contribution is -0.150. The molecule has 0 spiro atoms. The van der Waals surface area contributed by atoms with Gasteiger partial charge in [-0.2, -0.15) is 4.52 Å². The second-order valence-corrected chi connectivity index (χ2v) is 10.8. The third-order valence-electron chi connectivity index (χ3n) is 5.46. The predicted molar refractivity (Wildman–Crippen MR) is 136 cm³/mol. The molecule has 4 N–H and O–H groups in total. The summed E-state index contributed by atoms with van der Waals surface area (Å²) in [6.45, 7) is 1.85. The maximum Gasteiger partial charge on any atom is 0.352 e. The van der Waals surface area contributed by atoms with Crippen molar-refractivity contribution in [2.75, 3.05) is 24.3 Å². The highest BCUT2D eigenvalue weighted by atomic mass is 32.2. The fourth-order valence-electron chi connectivity index (χ4n) is 3.88. The summed E-state index contributed by atoms with van der Waals surface area (Å²) in [4.78, 5) is 52.5. The summed E-state index contributed by atoms with van der Waals surface area (Å²) in [6, 6.07) is 0.901. The third-order valence-corrected chi connectivity index (χ3v) is 8.55. The van der Waals surface area contributed by atoms with Gasteiger partial charge in [-0.1, -0.05) is 10.4 Å². The molecule has 17 heteroatoms. The number of amides is 2. The lowest BCUT2D eigenvalue weighted by atomic mass is 10.0. The zero-order valence-electron chi connectivity index (χ0n) is 19.3. The summed E-state index contributed by atoms with van der Waals surface area (Å²) in [5.41, 5.74) is 7.58. The number of aromatic nitrogens is 5. The average molecular weight is 562 g/mol. The van der Waals surface area contributed by atoms with E-state index in [2.05, 4.69) is 30.8 Å². The highest BCUT2D eigenvalue weighted by Crippen LogP contribution is 2.41. The van der Waals surface area contributed by atoms with Gasteiger partial charge in [-0.05, 0) is 18.6 Å². The molecule has 0 aromatic carbocycles. The van der Waals surface area contributed by atoms with E-state index in [1.54, 1.807) is 16.1 Å². The van der Waals surface area contributed by atoms with Crippen molar-refractivity contribution < 1.29 is 24.3 Å². The van der Waals surface area contributed by atoms with E-state index in [4.69, 9.17) is 10.6 Å². The van der Waals surface area contributed by atoms with Gasteiger partial charge in [-0.25, -0.2) is 14.8 Å². The number of nitrogens with two attached hydrogens (primary N) is 1. The van der Waals surface area contributed by atoms with Gasteiger partial charge in [0.15, 0.2) is 16.5 Å². The van der Waals surface area contributed by atoms with E-state index in [1.165, 1.54) is 35.5 Å². The molecule has 3 aromatic rings. The largest absolute Gasteiger partial charge is 0.477 e. The van der Waals surface area contributed by atoms with Crippen molar-refractivity contribution in [1.82, 2.24) is 35.0 Å². The average Bonchev–Trinajstić information content (AvgIpc) is 3.52. The lowest BCUT2D eigenvalue weighted by Crippen LogP contribution is -2.71. The summed E-state index contributed by atoms with van der Waals surface area (Å²) < 4.78 is 1.58. The summed E-state index contributed by atoms with van der Waals surface area (Å²) in [5, 5.41) is 26.2. The first-order chi connectivity index (χ1) is 17.8. The predicted octanol–water partition coefficient (Wildman–Crippen LogP) is 0.353. The van der Waals surface area contributed by atoms with Crippen molar-refractivity contribution in [1.29, 1.82) is 0 Å². The van der Waals surface area contributed by atoms with E-state index in [-0.39, 0.29) is 22.2 Å². The number of thiazole rings is 1. The molecule has 0 radical (unpaired) electrons. The van der Waals surface area contributed by atoms with Crippen molar-refractivity contribution >= 4 is 69.1 Å².